The Kier molecular flexibility index (Phi) is 3.79. The molecule has 0 aliphatic carbocycles. The van der Waals surface area contributed by atoms with Crippen LogP contribution in [0.1, 0.15) is 49.5 Å². The highest BCUT2D eigenvalue weighted by atomic mass is 16.5. The fourth-order valence-electron chi connectivity index (χ4n) is 3.82. The van der Waals surface area contributed by atoms with Gasteiger partial charge in [0.15, 0.2) is 5.65 Å². The predicted octanol–water partition coefficient (Wildman–Crippen LogP) is 2.65. The molecule has 6 heteroatoms. The lowest BCUT2D eigenvalue weighted by Crippen LogP contribution is -2.43. The van der Waals surface area contributed by atoms with Crippen LogP contribution in [0.2, 0.25) is 0 Å². The van der Waals surface area contributed by atoms with E-state index in [9.17, 15) is 4.79 Å². The quantitative estimate of drug-likeness (QED) is 0.850. The standard InChI is InChI=1S/C18H24N4O2/c1-13(2)22-12-20-15-9-14(10-19-16(15)22)17(23)21-6-3-18(4-7-21)5-8-24-11-18/h9-10,12-13H,3-8,11H2,1-2H3. The number of amides is 1. The summed E-state index contributed by atoms with van der Waals surface area (Å²) in [6.07, 6.45) is 6.69. The average Bonchev–Trinajstić information content (AvgIpc) is 3.21. The second-order valence-electron chi connectivity index (χ2n) is 7.41. The lowest BCUT2D eigenvalue weighted by Gasteiger charge is -2.38. The Balaban J connectivity index is 1.51. The fraction of sp³-hybridized carbons (Fsp3) is 0.611. The molecule has 0 atom stereocenters. The van der Waals surface area contributed by atoms with Crippen LogP contribution in [0.25, 0.3) is 11.2 Å². The van der Waals surface area contributed by atoms with Crippen LogP contribution in [0.5, 0.6) is 0 Å². The second-order valence-corrected chi connectivity index (χ2v) is 7.41. The third-order valence-electron chi connectivity index (χ3n) is 5.51. The van der Waals surface area contributed by atoms with Gasteiger partial charge in [0.05, 0.1) is 18.5 Å². The van der Waals surface area contributed by atoms with E-state index in [1.807, 2.05) is 15.5 Å². The summed E-state index contributed by atoms with van der Waals surface area (Å²) < 4.78 is 7.59. The number of hydrogen-bond acceptors (Lipinski definition) is 4. The molecule has 2 aliphatic rings. The molecule has 0 radical (unpaired) electrons. The van der Waals surface area contributed by atoms with E-state index in [0.29, 0.717) is 17.0 Å². The Hall–Kier alpha value is -1.95. The van der Waals surface area contributed by atoms with Crippen molar-refractivity contribution in [2.45, 2.75) is 39.2 Å². The minimum absolute atomic E-state index is 0.0669. The normalized spacial score (nSPS) is 20.4. The first-order chi connectivity index (χ1) is 11.6. The van der Waals surface area contributed by atoms with Crippen LogP contribution in [0.15, 0.2) is 18.6 Å². The van der Waals surface area contributed by atoms with E-state index in [1.54, 1.807) is 12.5 Å². The first kappa shape index (κ1) is 15.6. The minimum Gasteiger partial charge on any atom is -0.381 e. The van der Waals surface area contributed by atoms with Gasteiger partial charge >= 0.3 is 0 Å². The largest absolute Gasteiger partial charge is 0.381 e. The van der Waals surface area contributed by atoms with Gasteiger partial charge in [-0.3, -0.25) is 4.79 Å². The zero-order valence-electron chi connectivity index (χ0n) is 14.4. The molecule has 2 aromatic rings. The molecule has 1 spiro atoms. The van der Waals surface area contributed by atoms with E-state index >= 15 is 0 Å². The maximum absolute atomic E-state index is 12.8. The molecule has 0 unspecified atom stereocenters. The molecule has 0 aromatic carbocycles. The summed E-state index contributed by atoms with van der Waals surface area (Å²) in [6, 6.07) is 2.17. The monoisotopic (exact) mass is 328 g/mol. The van der Waals surface area contributed by atoms with Crippen molar-refractivity contribution in [1.82, 2.24) is 19.4 Å². The Labute approximate surface area is 141 Å². The van der Waals surface area contributed by atoms with Crippen LogP contribution >= 0.6 is 0 Å². The lowest BCUT2D eigenvalue weighted by molar-refractivity contribution is 0.0532. The molecular weight excluding hydrogens is 304 g/mol. The summed E-state index contributed by atoms with van der Waals surface area (Å²) in [4.78, 5) is 23.6. The lowest BCUT2D eigenvalue weighted by atomic mass is 9.78. The number of carbonyl (C=O) groups is 1. The summed E-state index contributed by atoms with van der Waals surface area (Å²) in [7, 11) is 0. The summed E-state index contributed by atoms with van der Waals surface area (Å²) >= 11 is 0. The van der Waals surface area contributed by atoms with E-state index < -0.39 is 0 Å². The Bertz CT molecular complexity index is 751. The molecule has 0 N–H and O–H groups in total. The molecule has 6 nitrogen and oxygen atoms in total. The van der Waals surface area contributed by atoms with Gasteiger partial charge in [-0.2, -0.15) is 0 Å². The molecule has 4 rings (SSSR count). The number of rotatable bonds is 2. The number of carbonyl (C=O) groups excluding carboxylic acids is 1. The molecular formula is C18H24N4O2. The number of hydrogen-bond donors (Lipinski definition) is 0. The SMILES string of the molecule is CC(C)n1cnc2cc(C(=O)N3CCC4(CCOC4)CC3)cnc21. The van der Waals surface area contributed by atoms with Gasteiger partial charge in [-0.05, 0) is 44.6 Å². The van der Waals surface area contributed by atoms with E-state index in [-0.39, 0.29) is 5.91 Å². The van der Waals surface area contributed by atoms with Gasteiger partial charge in [-0.15, -0.1) is 0 Å². The topological polar surface area (TPSA) is 60.2 Å². The van der Waals surface area contributed by atoms with Crippen LogP contribution in [-0.4, -0.2) is 51.6 Å². The highest BCUT2D eigenvalue weighted by molar-refractivity contribution is 5.96. The van der Waals surface area contributed by atoms with Crippen LogP contribution < -0.4 is 0 Å². The van der Waals surface area contributed by atoms with Crippen LogP contribution in [0.3, 0.4) is 0 Å². The van der Waals surface area contributed by atoms with Crippen molar-refractivity contribution in [1.29, 1.82) is 0 Å². The number of piperidine rings is 1. The maximum atomic E-state index is 12.8. The maximum Gasteiger partial charge on any atom is 0.255 e. The van der Waals surface area contributed by atoms with Gasteiger partial charge in [-0.25, -0.2) is 9.97 Å². The minimum atomic E-state index is 0.0669. The number of pyridine rings is 1. The molecule has 2 saturated heterocycles. The molecule has 0 saturated carbocycles. The Morgan fingerprint density at radius 3 is 2.71 bits per heavy atom. The van der Waals surface area contributed by atoms with E-state index in [4.69, 9.17) is 4.74 Å². The molecule has 0 bridgehead atoms. The smallest absolute Gasteiger partial charge is 0.255 e. The third kappa shape index (κ3) is 2.59. The van der Waals surface area contributed by atoms with Crippen molar-refractivity contribution in [3.63, 3.8) is 0 Å². The highest BCUT2D eigenvalue weighted by Gasteiger charge is 2.39. The molecule has 2 aliphatic heterocycles. The van der Waals surface area contributed by atoms with Crippen LogP contribution in [-0.2, 0) is 4.74 Å². The van der Waals surface area contributed by atoms with Crippen molar-refractivity contribution in [3.8, 4) is 0 Å². The van der Waals surface area contributed by atoms with Crippen LogP contribution in [0.4, 0.5) is 0 Å². The summed E-state index contributed by atoms with van der Waals surface area (Å²) in [6.45, 7) is 7.53. The van der Waals surface area contributed by atoms with Crippen molar-refractivity contribution < 1.29 is 9.53 Å². The third-order valence-corrected chi connectivity index (χ3v) is 5.51. The van der Waals surface area contributed by atoms with Crippen molar-refractivity contribution in [2.75, 3.05) is 26.3 Å². The molecule has 1 amide bonds. The average molecular weight is 328 g/mol. The highest BCUT2D eigenvalue weighted by Crippen LogP contribution is 2.39. The number of fused-ring (bicyclic) bond motifs is 1. The van der Waals surface area contributed by atoms with E-state index in [1.165, 1.54) is 0 Å². The zero-order valence-corrected chi connectivity index (χ0v) is 14.4. The molecule has 2 fully saturated rings. The van der Waals surface area contributed by atoms with Gasteiger partial charge in [-0.1, -0.05) is 0 Å². The first-order valence-corrected chi connectivity index (χ1v) is 8.78. The fourth-order valence-corrected chi connectivity index (χ4v) is 3.82. The van der Waals surface area contributed by atoms with Gasteiger partial charge < -0.3 is 14.2 Å². The molecule has 24 heavy (non-hydrogen) atoms. The van der Waals surface area contributed by atoms with Gasteiger partial charge in [0.25, 0.3) is 5.91 Å². The molecule has 128 valence electrons. The van der Waals surface area contributed by atoms with Crippen molar-refractivity contribution in [3.05, 3.63) is 24.2 Å². The Morgan fingerprint density at radius 1 is 1.25 bits per heavy atom. The zero-order chi connectivity index (χ0) is 16.7. The molecule has 4 heterocycles. The second kappa shape index (κ2) is 5.84. The number of aromatic nitrogens is 3. The van der Waals surface area contributed by atoms with Gasteiger partial charge in [0.1, 0.15) is 5.52 Å². The number of likely N-dealkylation sites (tertiary alicyclic amines) is 1. The Morgan fingerprint density at radius 2 is 2.04 bits per heavy atom. The number of imidazole rings is 1. The van der Waals surface area contributed by atoms with Crippen molar-refractivity contribution >= 4 is 17.1 Å². The molecule has 2 aromatic heterocycles. The van der Waals surface area contributed by atoms with Gasteiger partial charge in [0.2, 0.25) is 0 Å². The summed E-state index contributed by atoms with van der Waals surface area (Å²) in [5.41, 5.74) is 2.57. The van der Waals surface area contributed by atoms with Crippen molar-refractivity contribution in [2.24, 2.45) is 5.41 Å². The summed E-state index contributed by atoms with van der Waals surface area (Å²) in [5, 5.41) is 0. The summed E-state index contributed by atoms with van der Waals surface area (Å²) in [5.74, 6) is 0.0669. The predicted molar refractivity (Wildman–Crippen MR) is 90.9 cm³/mol. The number of ether oxygens (including phenoxy) is 1. The number of nitrogens with zero attached hydrogens (tertiary/aromatic N) is 4. The van der Waals surface area contributed by atoms with Gasteiger partial charge in [0, 0.05) is 31.9 Å². The van der Waals surface area contributed by atoms with E-state index in [2.05, 4.69) is 23.8 Å². The van der Waals surface area contributed by atoms with E-state index in [0.717, 1.165) is 56.7 Å². The first-order valence-electron chi connectivity index (χ1n) is 8.78. The van der Waals surface area contributed by atoms with Crippen LogP contribution in [0, 0.1) is 5.41 Å².